The molecule has 0 fully saturated rings. The average molecular weight is 419 g/mol. The summed E-state index contributed by atoms with van der Waals surface area (Å²) in [5, 5.41) is 14.4. The van der Waals surface area contributed by atoms with Crippen LogP contribution in [0, 0.1) is 27.7 Å². The van der Waals surface area contributed by atoms with Crippen molar-refractivity contribution in [2.45, 2.75) is 38.0 Å². The summed E-state index contributed by atoms with van der Waals surface area (Å²) >= 11 is 1.29. The molecular formula is C21H22N8S. The molecule has 0 bridgehead atoms. The molecule has 2 aromatic carbocycles. The first kappa shape index (κ1) is 19.8. The number of H-pyrrole nitrogens is 1. The quantitative estimate of drug-likeness (QED) is 0.408. The largest absolute Gasteiger partial charge is 0.324 e. The van der Waals surface area contributed by atoms with Crippen LogP contribution in [-0.4, -0.2) is 30.1 Å². The second-order valence-electron chi connectivity index (χ2n) is 7.04. The molecule has 30 heavy (non-hydrogen) atoms. The SMILES string of the molecule is Cc1ccc(Nc2nc(Nc3ccc(C)cc3C)nc(Sc3ncn[nH]3)n2)c(C)c1. The van der Waals surface area contributed by atoms with Gasteiger partial charge in [-0.3, -0.25) is 5.10 Å². The second kappa shape index (κ2) is 8.50. The number of aryl methyl sites for hydroxylation is 4. The number of anilines is 4. The van der Waals surface area contributed by atoms with Crippen LogP contribution in [0.25, 0.3) is 0 Å². The first-order valence-corrected chi connectivity index (χ1v) is 10.3. The lowest BCUT2D eigenvalue weighted by atomic mass is 10.1. The molecule has 9 heteroatoms. The number of rotatable bonds is 6. The van der Waals surface area contributed by atoms with Crippen molar-refractivity contribution in [1.29, 1.82) is 0 Å². The van der Waals surface area contributed by atoms with Crippen LogP contribution in [0.4, 0.5) is 23.3 Å². The fourth-order valence-electron chi connectivity index (χ4n) is 2.99. The minimum atomic E-state index is 0.450. The van der Waals surface area contributed by atoms with Crippen LogP contribution >= 0.6 is 11.8 Å². The smallest absolute Gasteiger partial charge is 0.233 e. The summed E-state index contributed by atoms with van der Waals surface area (Å²) in [6, 6.07) is 12.4. The van der Waals surface area contributed by atoms with Crippen LogP contribution in [0.5, 0.6) is 0 Å². The maximum Gasteiger partial charge on any atom is 0.233 e. The molecule has 0 amide bonds. The number of hydrogen-bond acceptors (Lipinski definition) is 8. The fourth-order valence-corrected chi connectivity index (χ4v) is 3.63. The van der Waals surface area contributed by atoms with E-state index in [1.54, 1.807) is 0 Å². The first-order valence-electron chi connectivity index (χ1n) is 9.44. The maximum absolute atomic E-state index is 4.58. The lowest BCUT2D eigenvalue weighted by molar-refractivity contribution is 0.904. The van der Waals surface area contributed by atoms with Gasteiger partial charge >= 0.3 is 0 Å². The van der Waals surface area contributed by atoms with Crippen molar-refractivity contribution in [1.82, 2.24) is 30.1 Å². The van der Waals surface area contributed by atoms with E-state index < -0.39 is 0 Å². The Labute approximate surface area is 179 Å². The predicted octanol–water partition coefficient (Wildman–Crippen LogP) is 4.86. The van der Waals surface area contributed by atoms with Crippen molar-refractivity contribution in [2.24, 2.45) is 0 Å². The van der Waals surface area contributed by atoms with Gasteiger partial charge in [0.05, 0.1) is 0 Å². The zero-order valence-electron chi connectivity index (χ0n) is 17.2. The van der Waals surface area contributed by atoms with Gasteiger partial charge in [-0.2, -0.15) is 20.1 Å². The molecule has 0 aliphatic carbocycles. The van der Waals surface area contributed by atoms with Crippen molar-refractivity contribution in [3.63, 3.8) is 0 Å². The molecule has 4 rings (SSSR count). The highest BCUT2D eigenvalue weighted by molar-refractivity contribution is 7.99. The van der Waals surface area contributed by atoms with E-state index in [1.807, 2.05) is 12.1 Å². The Morgan fingerprint density at radius 1 is 0.767 bits per heavy atom. The molecule has 0 radical (unpaired) electrons. The van der Waals surface area contributed by atoms with E-state index in [-0.39, 0.29) is 0 Å². The molecule has 0 unspecified atom stereocenters. The summed E-state index contributed by atoms with van der Waals surface area (Å²) in [6.07, 6.45) is 1.45. The number of aromatic amines is 1. The van der Waals surface area contributed by atoms with Gasteiger partial charge in [-0.05, 0) is 62.7 Å². The van der Waals surface area contributed by atoms with Gasteiger partial charge < -0.3 is 10.6 Å². The van der Waals surface area contributed by atoms with Crippen LogP contribution < -0.4 is 10.6 Å². The van der Waals surface area contributed by atoms with Crippen LogP contribution in [-0.2, 0) is 0 Å². The van der Waals surface area contributed by atoms with Crippen LogP contribution in [0.3, 0.4) is 0 Å². The number of aromatic nitrogens is 6. The fraction of sp³-hybridized carbons (Fsp3) is 0.190. The summed E-state index contributed by atoms with van der Waals surface area (Å²) in [4.78, 5) is 17.8. The lowest BCUT2D eigenvalue weighted by Crippen LogP contribution is -2.06. The van der Waals surface area contributed by atoms with Gasteiger partial charge in [-0.1, -0.05) is 35.4 Å². The minimum absolute atomic E-state index is 0.450. The van der Waals surface area contributed by atoms with Crippen LogP contribution in [0.2, 0.25) is 0 Å². The topological polar surface area (TPSA) is 104 Å². The average Bonchev–Trinajstić information content (AvgIpc) is 3.19. The van der Waals surface area contributed by atoms with E-state index in [0.29, 0.717) is 22.2 Å². The molecular weight excluding hydrogens is 396 g/mol. The molecule has 4 aromatic rings. The van der Waals surface area contributed by atoms with E-state index in [0.717, 1.165) is 22.5 Å². The third-order valence-electron chi connectivity index (χ3n) is 4.45. The van der Waals surface area contributed by atoms with Crippen LogP contribution in [0.1, 0.15) is 22.3 Å². The summed E-state index contributed by atoms with van der Waals surface area (Å²) in [5.74, 6) is 0.900. The molecule has 0 spiro atoms. The van der Waals surface area contributed by atoms with E-state index in [9.17, 15) is 0 Å². The Balaban J connectivity index is 1.68. The Bertz CT molecular complexity index is 1100. The van der Waals surface area contributed by atoms with E-state index in [2.05, 4.69) is 92.7 Å². The van der Waals surface area contributed by atoms with Crippen molar-refractivity contribution >= 4 is 35.0 Å². The minimum Gasteiger partial charge on any atom is -0.324 e. The van der Waals surface area contributed by atoms with E-state index in [1.165, 1.54) is 29.2 Å². The van der Waals surface area contributed by atoms with Crippen molar-refractivity contribution in [2.75, 3.05) is 10.6 Å². The normalized spacial score (nSPS) is 10.8. The van der Waals surface area contributed by atoms with Crippen molar-refractivity contribution < 1.29 is 0 Å². The standard InChI is InChI=1S/C21H22N8S/c1-12-5-7-16(14(3)9-12)24-18-26-19(25-17-8-6-13(2)10-15(17)4)28-21(27-18)30-20-22-11-23-29-20/h5-11H,1-4H3,(H,22,23,29)(H2,24,25,26,27,28). The summed E-state index contributed by atoms with van der Waals surface area (Å²) in [5.41, 5.74) is 6.52. The third kappa shape index (κ3) is 4.74. The van der Waals surface area contributed by atoms with Gasteiger partial charge in [-0.15, -0.1) is 0 Å². The Hall–Kier alpha value is -3.46. The molecule has 3 N–H and O–H groups in total. The molecule has 0 saturated heterocycles. The molecule has 0 aliphatic rings. The highest BCUT2D eigenvalue weighted by atomic mass is 32.2. The zero-order chi connectivity index (χ0) is 21.1. The van der Waals surface area contributed by atoms with E-state index >= 15 is 0 Å². The number of nitrogens with one attached hydrogen (secondary N) is 3. The number of hydrogen-bond donors (Lipinski definition) is 3. The predicted molar refractivity (Wildman–Crippen MR) is 119 cm³/mol. The Kier molecular flexibility index (Phi) is 5.62. The van der Waals surface area contributed by atoms with Gasteiger partial charge in [0.2, 0.25) is 17.1 Å². The van der Waals surface area contributed by atoms with Gasteiger partial charge in [0.25, 0.3) is 0 Å². The summed E-state index contributed by atoms with van der Waals surface area (Å²) < 4.78 is 0. The molecule has 2 aromatic heterocycles. The Morgan fingerprint density at radius 2 is 1.33 bits per heavy atom. The molecule has 152 valence electrons. The molecule has 2 heterocycles. The maximum atomic E-state index is 4.58. The lowest BCUT2D eigenvalue weighted by Gasteiger charge is -2.13. The highest BCUT2D eigenvalue weighted by Crippen LogP contribution is 2.27. The van der Waals surface area contributed by atoms with Gasteiger partial charge in [-0.25, -0.2) is 4.98 Å². The third-order valence-corrected chi connectivity index (χ3v) is 5.21. The first-order chi connectivity index (χ1) is 14.5. The molecule has 0 atom stereocenters. The highest BCUT2D eigenvalue weighted by Gasteiger charge is 2.12. The Morgan fingerprint density at radius 3 is 1.80 bits per heavy atom. The van der Waals surface area contributed by atoms with E-state index in [4.69, 9.17) is 0 Å². The monoisotopic (exact) mass is 418 g/mol. The van der Waals surface area contributed by atoms with Crippen LogP contribution in [0.15, 0.2) is 53.0 Å². The number of nitrogens with zero attached hydrogens (tertiary/aromatic N) is 5. The summed E-state index contributed by atoms with van der Waals surface area (Å²) in [6.45, 7) is 8.24. The summed E-state index contributed by atoms with van der Waals surface area (Å²) in [7, 11) is 0. The van der Waals surface area contributed by atoms with Crippen molar-refractivity contribution in [3.05, 3.63) is 65.0 Å². The molecule has 0 aliphatic heterocycles. The zero-order valence-corrected chi connectivity index (χ0v) is 18.0. The van der Waals surface area contributed by atoms with Gasteiger partial charge in [0, 0.05) is 11.4 Å². The molecule has 0 saturated carbocycles. The van der Waals surface area contributed by atoms with Crippen molar-refractivity contribution in [3.8, 4) is 0 Å². The second-order valence-corrected chi connectivity index (χ2v) is 8.00. The van der Waals surface area contributed by atoms with Gasteiger partial charge in [0.15, 0.2) is 5.16 Å². The number of benzene rings is 2. The molecule has 8 nitrogen and oxygen atoms in total. The van der Waals surface area contributed by atoms with Gasteiger partial charge in [0.1, 0.15) is 6.33 Å².